The molecular weight excluding hydrogens is 232 g/mol. The van der Waals surface area contributed by atoms with Crippen molar-refractivity contribution in [3.05, 3.63) is 33.3 Å². The summed E-state index contributed by atoms with van der Waals surface area (Å²) in [6.07, 6.45) is 0. The van der Waals surface area contributed by atoms with Gasteiger partial charge in [0.2, 0.25) is 0 Å². The molecule has 16 heavy (non-hydrogen) atoms. The van der Waals surface area contributed by atoms with E-state index in [0.29, 0.717) is 12.4 Å². The van der Waals surface area contributed by atoms with Crippen LogP contribution in [0.2, 0.25) is 5.02 Å². The van der Waals surface area contributed by atoms with E-state index in [2.05, 4.69) is 0 Å². The molecule has 0 spiro atoms. The highest BCUT2D eigenvalue weighted by Gasteiger charge is 2.09. The fourth-order valence-electron chi connectivity index (χ4n) is 1.06. The molecule has 0 aromatic heterocycles. The molecule has 0 aliphatic heterocycles. The smallest absolute Gasteiger partial charge is 0.271 e. The van der Waals surface area contributed by atoms with Gasteiger partial charge in [0.05, 0.1) is 9.95 Å². The number of halogens is 1. The van der Waals surface area contributed by atoms with E-state index in [-0.39, 0.29) is 10.7 Å². The number of nitro benzene ring substituents is 1. The normalized spacial score (nSPS) is 10.5. The molecule has 0 fully saturated rings. The summed E-state index contributed by atoms with van der Waals surface area (Å²) in [5, 5.41) is 10.7. The lowest BCUT2D eigenvalue weighted by Gasteiger charge is -2.11. The van der Waals surface area contributed by atoms with Crippen molar-refractivity contribution in [2.45, 2.75) is 0 Å². The average Bonchev–Trinajstić information content (AvgIpc) is 2.19. The summed E-state index contributed by atoms with van der Waals surface area (Å²) in [6.45, 7) is 1.25. The maximum atomic E-state index is 10.5. The van der Waals surface area contributed by atoms with E-state index < -0.39 is 4.92 Å². The molecule has 0 atom stereocenters. The zero-order valence-corrected chi connectivity index (χ0v) is 9.90. The van der Waals surface area contributed by atoms with Crippen LogP contribution in [0, 0.1) is 10.1 Å². The highest BCUT2D eigenvalue weighted by atomic mass is 35.5. The maximum absolute atomic E-state index is 10.5. The molecule has 0 saturated heterocycles. The molecule has 0 aliphatic rings. The first-order chi connectivity index (χ1) is 7.50. The molecular formula is C10H13ClN2O3. The first kappa shape index (κ1) is 12.7. The molecule has 0 radical (unpaired) electrons. The first-order valence-corrected chi connectivity index (χ1v) is 5.10. The van der Waals surface area contributed by atoms with Crippen LogP contribution < -0.4 is 4.74 Å². The Bertz CT molecular complexity index is 382. The topological polar surface area (TPSA) is 55.6 Å². The third-order valence-corrected chi connectivity index (χ3v) is 2.22. The lowest BCUT2D eigenvalue weighted by Crippen LogP contribution is -2.19. The third-order valence-electron chi connectivity index (χ3n) is 1.92. The quantitative estimate of drug-likeness (QED) is 0.589. The van der Waals surface area contributed by atoms with Gasteiger partial charge in [-0.05, 0) is 20.2 Å². The molecule has 0 amide bonds. The Balaban J connectivity index is 2.64. The monoisotopic (exact) mass is 244 g/mol. The van der Waals surface area contributed by atoms with Gasteiger partial charge in [0.1, 0.15) is 12.4 Å². The van der Waals surface area contributed by atoms with Crippen molar-refractivity contribution in [2.75, 3.05) is 27.2 Å². The average molecular weight is 245 g/mol. The Morgan fingerprint density at radius 2 is 2.19 bits per heavy atom. The Hall–Kier alpha value is -1.33. The van der Waals surface area contributed by atoms with Crippen molar-refractivity contribution in [1.29, 1.82) is 0 Å². The van der Waals surface area contributed by atoms with Crippen LogP contribution in [-0.2, 0) is 0 Å². The van der Waals surface area contributed by atoms with Crippen molar-refractivity contribution in [3.63, 3.8) is 0 Å². The van der Waals surface area contributed by atoms with Gasteiger partial charge in [-0.3, -0.25) is 10.1 Å². The summed E-state index contributed by atoms with van der Waals surface area (Å²) < 4.78 is 5.39. The predicted molar refractivity (Wildman–Crippen MR) is 62.2 cm³/mol. The Morgan fingerprint density at radius 3 is 2.69 bits per heavy atom. The van der Waals surface area contributed by atoms with Gasteiger partial charge in [-0.25, -0.2) is 0 Å². The fraction of sp³-hybridized carbons (Fsp3) is 0.400. The van der Waals surface area contributed by atoms with E-state index in [4.69, 9.17) is 16.3 Å². The van der Waals surface area contributed by atoms with Gasteiger partial charge in [-0.15, -0.1) is 0 Å². The van der Waals surface area contributed by atoms with Crippen molar-refractivity contribution in [1.82, 2.24) is 4.90 Å². The first-order valence-electron chi connectivity index (χ1n) is 4.72. The number of nitro groups is 1. The number of hydrogen-bond donors (Lipinski definition) is 0. The molecule has 0 unspecified atom stereocenters. The van der Waals surface area contributed by atoms with Crippen molar-refractivity contribution in [3.8, 4) is 5.75 Å². The number of likely N-dealkylation sites (N-methyl/N-ethyl adjacent to an activating group) is 1. The second-order valence-electron chi connectivity index (χ2n) is 3.52. The highest BCUT2D eigenvalue weighted by Crippen LogP contribution is 2.28. The minimum Gasteiger partial charge on any atom is -0.491 e. The van der Waals surface area contributed by atoms with Crippen LogP contribution in [0.1, 0.15) is 0 Å². The van der Waals surface area contributed by atoms with Crippen molar-refractivity contribution >= 4 is 17.3 Å². The second-order valence-corrected chi connectivity index (χ2v) is 3.93. The fourth-order valence-corrected chi connectivity index (χ4v) is 1.29. The molecule has 0 bridgehead atoms. The number of nitrogens with zero attached hydrogens (tertiary/aromatic N) is 2. The van der Waals surface area contributed by atoms with Gasteiger partial charge in [-0.1, -0.05) is 11.6 Å². The summed E-state index contributed by atoms with van der Waals surface area (Å²) in [5.41, 5.74) is -0.0371. The summed E-state index contributed by atoms with van der Waals surface area (Å²) in [7, 11) is 3.86. The van der Waals surface area contributed by atoms with E-state index in [1.165, 1.54) is 18.2 Å². The molecule has 0 heterocycles. The zero-order valence-electron chi connectivity index (χ0n) is 9.14. The largest absolute Gasteiger partial charge is 0.491 e. The SMILES string of the molecule is CN(C)CCOc1ccc([N+](=O)[O-])cc1Cl. The maximum Gasteiger partial charge on any atom is 0.271 e. The van der Waals surface area contributed by atoms with Crippen LogP contribution in [0.3, 0.4) is 0 Å². The van der Waals surface area contributed by atoms with Crippen molar-refractivity contribution in [2.24, 2.45) is 0 Å². The van der Waals surface area contributed by atoms with Gasteiger partial charge in [0.15, 0.2) is 0 Å². The lowest BCUT2D eigenvalue weighted by atomic mass is 10.3. The van der Waals surface area contributed by atoms with Gasteiger partial charge in [0, 0.05) is 18.7 Å². The van der Waals surface area contributed by atoms with E-state index in [9.17, 15) is 10.1 Å². The number of non-ortho nitro benzene ring substituents is 1. The molecule has 1 rings (SSSR count). The van der Waals surface area contributed by atoms with Crippen LogP contribution in [0.4, 0.5) is 5.69 Å². The number of rotatable bonds is 5. The Kier molecular flexibility index (Phi) is 4.52. The highest BCUT2D eigenvalue weighted by molar-refractivity contribution is 6.32. The summed E-state index contributed by atoms with van der Waals surface area (Å²) >= 11 is 5.85. The van der Waals surface area contributed by atoms with E-state index in [1.807, 2.05) is 19.0 Å². The lowest BCUT2D eigenvalue weighted by molar-refractivity contribution is -0.384. The molecule has 1 aromatic rings. The van der Waals surface area contributed by atoms with Gasteiger partial charge in [-0.2, -0.15) is 0 Å². The molecule has 0 saturated carbocycles. The van der Waals surface area contributed by atoms with Crippen LogP contribution in [0.25, 0.3) is 0 Å². The summed E-state index contributed by atoms with van der Waals surface area (Å²) in [5.74, 6) is 0.467. The van der Waals surface area contributed by atoms with Crippen LogP contribution in [0.15, 0.2) is 18.2 Å². The molecule has 1 aromatic carbocycles. The minimum atomic E-state index is -0.491. The molecule has 5 nitrogen and oxygen atoms in total. The number of benzene rings is 1. The zero-order chi connectivity index (χ0) is 12.1. The molecule has 88 valence electrons. The minimum absolute atomic E-state index is 0.0371. The molecule has 0 N–H and O–H groups in total. The molecule has 6 heteroatoms. The standard InChI is InChI=1S/C10H13ClN2O3/c1-12(2)5-6-16-10-4-3-8(13(14)15)7-9(10)11/h3-4,7H,5-6H2,1-2H3. The number of ether oxygens (including phenoxy) is 1. The van der Waals surface area contributed by atoms with Crippen molar-refractivity contribution < 1.29 is 9.66 Å². The molecule has 0 aliphatic carbocycles. The van der Waals surface area contributed by atoms with E-state index in [0.717, 1.165) is 6.54 Å². The van der Waals surface area contributed by atoms with Gasteiger partial charge < -0.3 is 9.64 Å². The second kappa shape index (κ2) is 5.67. The van der Waals surface area contributed by atoms with Crippen LogP contribution in [-0.4, -0.2) is 37.1 Å². The summed E-state index contributed by atoms with van der Waals surface area (Å²) in [6, 6.07) is 4.17. The Morgan fingerprint density at radius 1 is 1.50 bits per heavy atom. The van der Waals surface area contributed by atoms with Gasteiger partial charge in [0.25, 0.3) is 5.69 Å². The van der Waals surface area contributed by atoms with E-state index in [1.54, 1.807) is 0 Å². The third kappa shape index (κ3) is 3.67. The van der Waals surface area contributed by atoms with Gasteiger partial charge >= 0.3 is 0 Å². The van der Waals surface area contributed by atoms with Crippen LogP contribution in [0.5, 0.6) is 5.75 Å². The van der Waals surface area contributed by atoms with E-state index >= 15 is 0 Å². The number of hydrogen-bond acceptors (Lipinski definition) is 4. The summed E-state index contributed by atoms with van der Waals surface area (Å²) in [4.78, 5) is 11.9. The van der Waals surface area contributed by atoms with Crippen LogP contribution >= 0.6 is 11.6 Å². The predicted octanol–water partition coefficient (Wildman–Crippen LogP) is 2.19. The Labute approximate surface area is 98.7 Å².